The van der Waals surface area contributed by atoms with Gasteiger partial charge in [0, 0.05) is 24.9 Å². The lowest BCUT2D eigenvalue weighted by molar-refractivity contribution is -0.124. The van der Waals surface area contributed by atoms with Crippen molar-refractivity contribution in [3.63, 3.8) is 0 Å². The number of imidazole rings is 1. The molecule has 8 nitrogen and oxygen atoms in total. The third-order valence-electron chi connectivity index (χ3n) is 5.77. The lowest BCUT2D eigenvalue weighted by Crippen LogP contribution is -2.42. The lowest BCUT2D eigenvalue weighted by atomic mass is 10.1. The monoisotopic (exact) mass is 471 g/mol. The molecule has 3 N–H and O–H groups in total. The molecule has 0 atom stereocenters. The predicted molar refractivity (Wildman–Crippen MR) is 131 cm³/mol. The summed E-state index contributed by atoms with van der Waals surface area (Å²) >= 11 is 0. The quantitative estimate of drug-likeness (QED) is 0.395. The minimum atomic E-state index is -0.321. The second-order valence-corrected chi connectivity index (χ2v) is 8.28. The second-order valence-electron chi connectivity index (χ2n) is 8.28. The highest BCUT2D eigenvalue weighted by Gasteiger charge is 2.26. The number of nitrogens with one attached hydrogen (secondary N) is 3. The van der Waals surface area contributed by atoms with Crippen molar-refractivity contribution in [2.45, 2.75) is 19.3 Å². The van der Waals surface area contributed by atoms with Gasteiger partial charge in [-0.25, -0.2) is 9.37 Å². The summed E-state index contributed by atoms with van der Waals surface area (Å²) in [6, 6.07) is 18.8. The highest BCUT2D eigenvalue weighted by molar-refractivity contribution is 6.10. The van der Waals surface area contributed by atoms with Crippen LogP contribution in [-0.2, 0) is 20.8 Å². The van der Waals surface area contributed by atoms with Gasteiger partial charge in [-0.2, -0.15) is 0 Å². The number of hydrogen-bond acceptors (Lipinski definition) is 4. The van der Waals surface area contributed by atoms with E-state index in [4.69, 9.17) is 0 Å². The fourth-order valence-electron chi connectivity index (χ4n) is 4.08. The first kappa shape index (κ1) is 22.3. The Hall–Kier alpha value is -4.53. The molecule has 0 radical (unpaired) electrons. The molecular weight excluding hydrogens is 449 g/mol. The van der Waals surface area contributed by atoms with Gasteiger partial charge in [0.15, 0.2) is 0 Å². The first-order chi connectivity index (χ1) is 17.0. The van der Waals surface area contributed by atoms with Crippen LogP contribution >= 0.6 is 0 Å². The molecule has 0 bridgehead atoms. The number of aromatic nitrogens is 2. The molecule has 1 aliphatic rings. The van der Waals surface area contributed by atoms with Crippen LogP contribution in [0.25, 0.3) is 11.0 Å². The highest BCUT2D eigenvalue weighted by atomic mass is 19.1. The molecule has 0 fully saturated rings. The number of H-pyrrole nitrogens is 1. The van der Waals surface area contributed by atoms with Gasteiger partial charge in [-0.1, -0.05) is 30.3 Å². The Morgan fingerprint density at radius 1 is 1.03 bits per heavy atom. The van der Waals surface area contributed by atoms with Gasteiger partial charge in [-0.05, 0) is 42.0 Å². The zero-order valence-electron chi connectivity index (χ0n) is 18.7. The number of fused-ring (bicyclic) bond motifs is 2. The van der Waals surface area contributed by atoms with Crippen molar-refractivity contribution >= 4 is 45.8 Å². The Kier molecular flexibility index (Phi) is 5.97. The molecule has 176 valence electrons. The number of nitrogens with zero attached hydrogens (tertiary/aromatic N) is 2. The van der Waals surface area contributed by atoms with E-state index in [1.165, 1.54) is 11.0 Å². The molecule has 3 amide bonds. The average Bonchev–Trinajstić information content (AvgIpc) is 3.25. The van der Waals surface area contributed by atoms with Crippen LogP contribution in [-0.4, -0.2) is 34.2 Å². The van der Waals surface area contributed by atoms with Crippen LogP contribution < -0.4 is 15.5 Å². The van der Waals surface area contributed by atoms with Gasteiger partial charge in [0.25, 0.3) is 0 Å². The van der Waals surface area contributed by atoms with Gasteiger partial charge in [-0.15, -0.1) is 0 Å². The summed E-state index contributed by atoms with van der Waals surface area (Å²) in [5, 5.41) is 5.53. The van der Waals surface area contributed by atoms with Crippen LogP contribution in [0.4, 0.5) is 21.5 Å². The van der Waals surface area contributed by atoms with E-state index in [2.05, 4.69) is 20.6 Å². The highest BCUT2D eigenvalue weighted by Crippen LogP contribution is 2.29. The van der Waals surface area contributed by atoms with Crippen molar-refractivity contribution in [3.8, 4) is 0 Å². The molecule has 9 heteroatoms. The molecule has 35 heavy (non-hydrogen) atoms. The van der Waals surface area contributed by atoms with Crippen molar-refractivity contribution < 1.29 is 18.8 Å². The van der Waals surface area contributed by atoms with Gasteiger partial charge in [0.2, 0.25) is 17.7 Å². The number of carbonyl (C=O) groups is 3. The average molecular weight is 471 g/mol. The number of rotatable bonds is 6. The number of aromatic amines is 1. The number of hydrogen-bond donors (Lipinski definition) is 3. The van der Waals surface area contributed by atoms with E-state index in [0.29, 0.717) is 45.9 Å². The molecule has 2 heterocycles. The van der Waals surface area contributed by atoms with Gasteiger partial charge < -0.3 is 20.5 Å². The molecule has 1 aliphatic heterocycles. The number of carbonyl (C=O) groups excluding carboxylic acids is 3. The second kappa shape index (κ2) is 9.38. The number of para-hydroxylation sites is 2. The summed E-state index contributed by atoms with van der Waals surface area (Å²) in [5.74, 6) is -0.569. The normalized spacial score (nSPS) is 12.8. The summed E-state index contributed by atoms with van der Waals surface area (Å²) in [6.07, 6.45) is 0.258. The molecule has 1 aromatic heterocycles. The topological polar surface area (TPSA) is 107 Å². The summed E-state index contributed by atoms with van der Waals surface area (Å²) in [7, 11) is 0. The van der Waals surface area contributed by atoms with Crippen LogP contribution in [0.1, 0.15) is 24.2 Å². The van der Waals surface area contributed by atoms with E-state index in [1.54, 1.807) is 60.7 Å². The van der Waals surface area contributed by atoms with E-state index < -0.39 is 0 Å². The third kappa shape index (κ3) is 4.89. The van der Waals surface area contributed by atoms with Crippen LogP contribution in [0.2, 0.25) is 0 Å². The largest absolute Gasteiger partial charge is 0.342 e. The Morgan fingerprint density at radius 2 is 1.83 bits per heavy atom. The Balaban J connectivity index is 1.21. The fourth-order valence-corrected chi connectivity index (χ4v) is 4.08. The minimum Gasteiger partial charge on any atom is -0.342 e. The molecule has 5 rings (SSSR count). The molecule has 0 unspecified atom stereocenters. The number of amides is 3. The number of halogens is 1. The minimum absolute atomic E-state index is 0.0291. The van der Waals surface area contributed by atoms with Crippen LogP contribution in [0.15, 0.2) is 66.7 Å². The van der Waals surface area contributed by atoms with Crippen molar-refractivity contribution in [3.05, 3.63) is 83.9 Å². The molecule has 0 saturated carbocycles. The maximum atomic E-state index is 13.9. The Morgan fingerprint density at radius 3 is 2.69 bits per heavy atom. The number of anilines is 3. The maximum Gasteiger partial charge on any atom is 0.244 e. The van der Waals surface area contributed by atoms with Crippen molar-refractivity contribution in [2.24, 2.45) is 0 Å². The standard InChI is InChI=1S/C26H22FN5O3/c27-18-6-2-1-5-16(18)13-23-29-19-10-9-17(14-21(19)30-23)28-24(33)11-12-26(35)32-15-25(34)31-20-7-3-4-8-22(20)32/h1-10,14H,11-13,15H2,(H,28,33)(H,29,30)(H,31,34). The molecule has 0 spiro atoms. The van der Waals surface area contributed by atoms with Crippen LogP contribution in [0, 0.1) is 5.82 Å². The molecule has 4 aromatic rings. The van der Waals surface area contributed by atoms with Crippen molar-refractivity contribution in [2.75, 3.05) is 22.1 Å². The lowest BCUT2D eigenvalue weighted by Gasteiger charge is -2.29. The van der Waals surface area contributed by atoms with Gasteiger partial charge in [0.1, 0.15) is 18.2 Å². The van der Waals surface area contributed by atoms with Gasteiger partial charge in [0.05, 0.1) is 22.4 Å². The molecule has 0 aliphatic carbocycles. The summed E-state index contributed by atoms with van der Waals surface area (Å²) in [5.41, 5.74) is 3.70. The Bertz CT molecular complexity index is 1450. The van der Waals surface area contributed by atoms with E-state index in [9.17, 15) is 18.8 Å². The van der Waals surface area contributed by atoms with Gasteiger partial charge in [-0.3, -0.25) is 14.4 Å². The van der Waals surface area contributed by atoms with Crippen LogP contribution in [0.5, 0.6) is 0 Å². The first-order valence-corrected chi connectivity index (χ1v) is 11.2. The molecule has 3 aromatic carbocycles. The first-order valence-electron chi connectivity index (χ1n) is 11.2. The SMILES string of the molecule is O=C(CCC(=O)N1CC(=O)Nc2ccccc21)Nc1ccc2nc(Cc3ccccc3F)[nH]c2c1. The Labute approximate surface area is 200 Å². The van der Waals surface area contributed by atoms with Crippen molar-refractivity contribution in [1.82, 2.24) is 9.97 Å². The molecular formula is C26H22FN5O3. The zero-order valence-corrected chi connectivity index (χ0v) is 18.7. The van der Waals surface area contributed by atoms with Crippen molar-refractivity contribution in [1.29, 1.82) is 0 Å². The summed E-state index contributed by atoms with van der Waals surface area (Å²) in [6.45, 7) is -0.0802. The summed E-state index contributed by atoms with van der Waals surface area (Å²) < 4.78 is 13.9. The van der Waals surface area contributed by atoms with E-state index >= 15 is 0 Å². The van der Waals surface area contributed by atoms with E-state index in [-0.39, 0.29) is 42.9 Å². The zero-order chi connectivity index (χ0) is 24.4. The van der Waals surface area contributed by atoms with Gasteiger partial charge >= 0.3 is 0 Å². The molecule has 0 saturated heterocycles. The van der Waals surface area contributed by atoms with Crippen LogP contribution in [0.3, 0.4) is 0 Å². The summed E-state index contributed by atoms with van der Waals surface area (Å²) in [4.78, 5) is 46.2. The smallest absolute Gasteiger partial charge is 0.244 e. The maximum absolute atomic E-state index is 13.9. The third-order valence-corrected chi connectivity index (χ3v) is 5.77. The van der Waals surface area contributed by atoms with E-state index in [0.717, 1.165) is 0 Å². The van der Waals surface area contributed by atoms with E-state index in [1.807, 2.05) is 0 Å². The predicted octanol–water partition coefficient (Wildman–Crippen LogP) is 4.00. The number of benzene rings is 3. The fraction of sp³-hybridized carbons (Fsp3) is 0.154.